The summed E-state index contributed by atoms with van der Waals surface area (Å²) < 4.78 is 13.3. The second-order valence-corrected chi connectivity index (χ2v) is 8.30. The lowest BCUT2D eigenvalue weighted by Gasteiger charge is -2.20. The van der Waals surface area contributed by atoms with Gasteiger partial charge >= 0.3 is 0 Å². The molecular weight excluding hydrogens is 395 g/mol. The highest BCUT2D eigenvalue weighted by Crippen LogP contribution is 2.29. The molecule has 0 aliphatic heterocycles. The van der Waals surface area contributed by atoms with Gasteiger partial charge in [0.2, 0.25) is 5.91 Å². The lowest BCUT2D eigenvalue weighted by molar-refractivity contribution is -0.120. The van der Waals surface area contributed by atoms with Gasteiger partial charge in [0.1, 0.15) is 5.82 Å². The third-order valence-electron chi connectivity index (χ3n) is 4.81. The first-order chi connectivity index (χ1) is 14.6. The fourth-order valence-corrected chi connectivity index (χ4v) is 4.39. The number of nitrogens with zero attached hydrogens (tertiary/aromatic N) is 1. The van der Waals surface area contributed by atoms with Gasteiger partial charge in [-0.05, 0) is 42.3 Å². The lowest BCUT2D eigenvalue weighted by Crippen LogP contribution is -2.30. The van der Waals surface area contributed by atoms with Crippen molar-refractivity contribution >= 4 is 17.2 Å². The van der Waals surface area contributed by atoms with Crippen LogP contribution in [-0.4, -0.2) is 10.9 Å². The zero-order chi connectivity index (χ0) is 20.9. The molecule has 0 fully saturated rings. The van der Waals surface area contributed by atoms with E-state index in [0.29, 0.717) is 0 Å². The normalized spacial score (nSPS) is 10.9. The standard InChI is InChI=1S/C25H21FN2OS/c1-17-27-25(20-12-14-21(26)15-13-20)22(30-17)16-23(29)28-24(18-8-4-2-5-9-18)19-10-6-3-7-11-19/h2-15,24H,16H2,1H3,(H,28,29). The molecule has 0 aliphatic rings. The maximum absolute atomic E-state index is 13.3. The van der Waals surface area contributed by atoms with Crippen LogP contribution in [0.4, 0.5) is 4.39 Å². The summed E-state index contributed by atoms with van der Waals surface area (Å²) in [6.45, 7) is 1.91. The quantitative estimate of drug-likeness (QED) is 0.438. The molecule has 1 aromatic heterocycles. The van der Waals surface area contributed by atoms with Crippen molar-refractivity contribution in [2.75, 3.05) is 0 Å². The summed E-state index contributed by atoms with van der Waals surface area (Å²) in [5.41, 5.74) is 3.60. The van der Waals surface area contributed by atoms with Gasteiger partial charge in [-0.3, -0.25) is 4.79 Å². The van der Waals surface area contributed by atoms with Gasteiger partial charge < -0.3 is 5.32 Å². The molecule has 3 nitrogen and oxygen atoms in total. The van der Waals surface area contributed by atoms with E-state index in [-0.39, 0.29) is 24.2 Å². The summed E-state index contributed by atoms with van der Waals surface area (Å²) in [5.74, 6) is -0.377. The Kier molecular flexibility index (Phi) is 6.00. The molecule has 1 heterocycles. The highest BCUT2D eigenvalue weighted by atomic mass is 32.1. The van der Waals surface area contributed by atoms with Gasteiger partial charge in [0.25, 0.3) is 0 Å². The van der Waals surface area contributed by atoms with Crippen LogP contribution >= 0.6 is 11.3 Å². The first kappa shape index (κ1) is 20.0. The number of aromatic nitrogens is 1. The Balaban J connectivity index is 1.58. The van der Waals surface area contributed by atoms with Crippen molar-refractivity contribution in [3.05, 3.63) is 112 Å². The number of rotatable bonds is 6. The van der Waals surface area contributed by atoms with Crippen molar-refractivity contribution in [1.29, 1.82) is 0 Å². The highest BCUT2D eigenvalue weighted by molar-refractivity contribution is 7.12. The van der Waals surface area contributed by atoms with Crippen LogP contribution in [0.25, 0.3) is 11.3 Å². The molecule has 3 aromatic carbocycles. The fraction of sp³-hybridized carbons (Fsp3) is 0.120. The third kappa shape index (κ3) is 4.63. The summed E-state index contributed by atoms with van der Waals surface area (Å²) in [6, 6.07) is 25.8. The predicted molar refractivity (Wildman–Crippen MR) is 119 cm³/mol. The Morgan fingerprint density at radius 3 is 2.07 bits per heavy atom. The first-order valence-corrected chi connectivity index (χ1v) is 10.5. The Bertz CT molecular complexity index is 1090. The van der Waals surface area contributed by atoms with E-state index in [0.717, 1.165) is 32.3 Å². The van der Waals surface area contributed by atoms with Crippen molar-refractivity contribution < 1.29 is 9.18 Å². The fourth-order valence-electron chi connectivity index (χ4n) is 3.43. The van der Waals surface area contributed by atoms with Crippen molar-refractivity contribution in [3.8, 4) is 11.3 Å². The number of thiazole rings is 1. The summed E-state index contributed by atoms with van der Waals surface area (Å²) in [5, 5.41) is 4.05. The molecule has 0 atom stereocenters. The number of halogens is 1. The maximum Gasteiger partial charge on any atom is 0.226 e. The van der Waals surface area contributed by atoms with Gasteiger partial charge in [-0.25, -0.2) is 9.37 Å². The largest absolute Gasteiger partial charge is 0.345 e. The van der Waals surface area contributed by atoms with E-state index in [1.807, 2.05) is 67.6 Å². The monoisotopic (exact) mass is 416 g/mol. The van der Waals surface area contributed by atoms with Gasteiger partial charge in [0, 0.05) is 10.4 Å². The molecule has 4 rings (SSSR count). The Labute approximate surface area is 179 Å². The SMILES string of the molecule is Cc1nc(-c2ccc(F)cc2)c(CC(=O)NC(c2ccccc2)c2ccccc2)s1. The van der Waals surface area contributed by atoms with E-state index in [4.69, 9.17) is 0 Å². The molecule has 4 aromatic rings. The highest BCUT2D eigenvalue weighted by Gasteiger charge is 2.20. The summed E-state index contributed by atoms with van der Waals surface area (Å²) in [7, 11) is 0. The molecule has 0 radical (unpaired) electrons. The van der Waals surface area contributed by atoms with E-state index < -0.39 is 0 Å². The van der Waals surface area contributed by atoms with Crippen LogP contribution in [-0.2, 0) is 11.2 Å². The number of hydrogen-bond donors (Lipinski definition) is 1. The smallest absolute Gasteiger partial charge is 0.226 e. The molecule has 5 heteroatoms. The van der Waals surface area contributed by atoms with Crippen molar-refractivity contribution in [2.45, 2.75) is 19.4 Å². The molecule has 30 heavy (non-hydrogen) atoms. The van der Waals surface area contributed by atoms with Gasteiger partial charge in [-0.1, -0.05) is 60.7 Å². The molecule has 1 amide bonds. The third-order valence-corrected chi connectivity index (χ3v) is 5.78. The van der Waals surface area contributed by atoms with E-state index >= 15 is 0 Å². The van der Waals surface area contributed by atoms with Crippen LogP contribution in [0.2, 0.25) is 0 Å². The number of carbonyl (C=O) groups is 1. The molecule has 0 spiro atoms. The van der Waals surface area contributed by atoms with Crippen LogP contribution in [0, 0.1) is 12.7 Å². The molecule has 0 saturated heterocycles. The van der Waals surface area contributed by atoms with Crippen LogP contribution in [0.5, 0.6) is 0 Å². The zero-order valence-corrected chi connectivity index (χ0v) is 17.3. The Morgan fingerprint density at radius 1 is 0.933 bits per heavy atom. The van der Waals surface area contributed by atoms with Crippen molar-refractivity contribution in [1.82, 2.24) is 10.3 Å². The number of aryl methyl sites for hydroxylation is 1. The minimum Gasteiger partial charge on any atom is -0.345 e. The predicted octanol–water partition coefficient (Wildman–Crippen LogP) is 5.71. The first-order valence-electron chi connectivity index (χ1n) is 9.71. The minimum absolute atomic E-state index is 0.0836. The Hall–Kier alpha value is -3.31. The molecular formula is C25H21FN2OS. The van der Waals surface area contributed by atoms with E-state index in [1.54, 1.807) is 12.1 Å². The second-order valence-electron chi connectivity index (χ2n) is 7.01. The molecule has 0 aliphatic carbocycles. The number of carbonyl (C=O) groups excluding carboxylic acids is 1. The van der Waals surface area contributed by atoms with Crippen LogP contribution < -0.4 is 5.32 Å². The zero-order valence-electron chi connectivity index (χ0n) is 16.5. The molecule has 0 bridgehead atoms. The van der Waals surface area contributed by atoms with Gasteiger partial charge in [-0.2, -0.15) is 0 Å². The molecule has 1 N–H and O–H groups in total. The summed E-state index contributed by atoms with van der Waals surface area (Å²) >= 11 is 1.49. The molecule has 0 unspecified atom stereocenters. The number of nitrogens with one attached hydrogen (secondary N) is 1. The second kappa shape index (κ2) is 9.01. The number of amides is 1. The van der Waals surface area contributed by atoms with Crippen LogP contribution in [0.3, 0.4) is 0 Å². The lowest BCUT2D eigenvalue weighted by atomic mass is 9.98. The Morgan fingerprint density at radius 2 is 1.50 bits per heavy atom. The minimum atomic E-state index is -0.293. The summed E-state index contributed by atoms with van der Waals surface area (Å²) in [6.07, 6.45) is 0.217. The average Bonchev–Trinajstić information content (AvgIpc) is 3.13. The van der Waals surface area contributed by atoms with Crippen LogP contribution in [0.15, 0.2) is 84.9 Å². The summed E-state index contributed by atoms with van der Waals surface area (Å²) in [4.78, 5) is 18.5. The van der Waals surface area contributed by atoms with Gasteiger partial charge in [0.15, 0.2) is 0 Å². The van der Waals surface area contributed by atoms with Crippen molar-refractivity contribution in [3.63, 3.8) is 0 Å². The van der Waals surface area contributed by atoms with Gasteiger partial charge in [-0.15, -0.1) is 11.3 Å². The van der Waals surface area contributed by atoms with E-state index in [2.05, 4.69) is 10.3 Å². The number of hydrogen-bond acceptors (Lipinski definition) is 3. The average molecular weight is 417 g/mol. The van der Waals surface area contributed by atoms with Crippen molar-refractivity contribution in [2.24, 2.45) is 0 Å². The topological polar surface area (TPSA) is 42.0 Å². The molecule has 0 saturated carbocycles. The number of benzene rings is 3. The van der Waals surface area contributed by atoms with Gasteiger partial charge in [0.05, 0.1) is 23.2 Å². The molecule has 150 valence electrons. The van der Waals surface area contributed by atoms with E-state index in [9.17, 15) is 9.18 Å². The maximum atomic E-state index is 13.3. The van der Waals surface area contributed by atoms with Crippen LogP contribution in [0.1, 0.15) is 27.1 Å². The van der Waals surface area contributed by atoms with E-state index in [1.165, 1.54) is 23.5 Å².